The van der Waals surface area contributed by atoms with Crippen LogP contribution in [0.1, 0.15) is 16.9 Å². The largest absolute Gasteiger partial charge is 0.484 e. The molecule has 0 saturated carbocycles. The smallest absolute Gasteiger partial charge is 0.329 e. The third kappa shape index (κ3) is 7.62. The SMILES string of the molecule is Cc1cc(Br)ccc1NC(=O)COc1cccc(/C=N\NC(=O)C(=O)NCc2ccco2)c1. The van der Waals surface area contributed by atoms with E-state index >= 15 is 0 Å². The van der Waals surface area contributed by atoms with Gasteiger partial charge in [-0.1, -0.05) is 28.1 Å². The van der Waals surface area contributed by atoms with E-state index in [2.05, 4.69) is 37.1 Å². The van der Waals surface area contributed by atoms with Crippen LogP contribution in [0.4, 0.5) is 5.69 Å². The normalized spacial score (nSPS) is 10.6. The molecule has 0 atom stereocenters. The van der Waals surface area contributed by atoms with Gasteiger partial charge in [0.1, 0.15) is 11.5 Å². The van der Waals surface area contributed by atoms with E-state index in [1.165, 1.54) is 12.5 Å². The van der Waals surface area contributed by atoms with Crippen molar-refractivity contribution >= 4 is 45.6 Å². The predicted octanol–water partition coefficient (Wildman–Crippen LogP) is 3.13. The number of hydrazone groups is 1. The second-order valence-corrected chi connectivity index (χ2v) is 7.75. The summed E-state index contributed by atoms with van der Waals surface area (Å²) in [5.41, 5.74) is 4.38. The fraction of sp³-hybridized carbons (Fsp3) is 0.130. The lowest BCUT2D eigenvalue weighted by Crippen LogP contribution is -2.37. The number of nitrogens with one attached hydrogen (secondary N) is 3. The number of hydrogen-bond donors (Lipinski definition) is 3. The third-order valence-electron chi connectivity index (χ3n) is 4.28. The van der Waals surface area contributed by atoms with Gasteiger partial charge in [0.2, 0.25) is 0 Å². The maximum Gasteiger partial charge on any atom is 0.329 e. The van der Waals surface area contributed by atoms with Gasteiger partial charge in [0.05, 0.1) is 19.0 Å². The van der Waals surface area contributed by atoms with Gasteiger partial charge in [-0.05, 0) is 60.5 Å². The van der Waals surface area contributed by atoms with E-state index in [1.807, 2.05) is 19.1 Å². The van der Waals surface area contributed by atoms with Gasteiger partial charge in [0.15, 0.2) is 6.61 Å². The minimum Gasteiger partial charge on any atom is -0.484 e. The molecule has 0 aliphatic carbocycles. The molecule has 0 fully saturated rings. The maximum atomic E-state index is 12.2. The summed E-state index contributed by atoms with van der Waals surface area (Å²) in [7, 11) is 0. The molecule has 1 heterocycles. The number of nitrogens with zero attached hydrogens (tertiary/aromatic N) is 1. The second kappa shape index (κ2) is 11.6. The fourth-order valence-corrected chi connectivity index (χ4v) is 3.14. The van der Waals surface area contributed by atoms with Gasteiger partial charge in [-0.25, -0.2) is 5.43 Å². The quantitative estimate of drug-likeness (QED) is 0.243. The average Bonchev–Trinajstić information content (AvgIpc) is 3.32. The molecule has 0 saturated heterocycles. The molecule has 3 aromatic rings. The zero-order valence-electron chi connectivity index (χ0n) is 17.6. The van der Waals surface area contributed by atoms with Gasteiger partial charge < -0.3 is 19.8 Å². The molecule has 0 spiro atoms. The monoisotopic (exact) mass is 512 g/mol. The van der Waals surface area contributed by atoms with E-state index in [9.17, 15) is 14.4 Å². The van der Waals surface area contributed by atoms with Crippen LogP contribution in [0.25, 0.3) is 0 Å². The number of rotatable bonds is 8. The Bertz CT molecular complexity index is 1160. The predicted molar refractivity (Wildman–Crippen MR) is 126 cm³/mol. The van der Waals surface area contributed by atoms with Crippen molar-refractivity contribution in [3.8, 4) is 5.75 Å². The summed E-state index contributed by atoms with van der Waals surface area (Å²) in [6.07, 6.45) is 2.83. The molecule has 3 N–H and O–H groups in total. The van der Waals surface area contributed by atoms with E-state index < -0.39 is 11.8 Å². The second-order valence-electron chi connectivity index (χ2n) is 6.83. The van der Waals surface area contributed by atoms with Gasteiger partial charge in [-0.2, -0.15) is 5.10 Å². The summed E-state index contributed by atoms with van der Waals surface area (Å²) in [6, 6.07) is 15.7. The molecular weight excluding hydrogens is 492 g/mol. The number of aryl methyl sites for hydroxylation is 1. The number of amides is 3. The lowest BCUT2D eigenvalue weighted by molar-refractivity contribution is -0.139. The number of carbonyl (C=O) groups is 3. The van der Waals surface area contributed by atoms with Gasteiger partial charge in [-0.15, -0.1) is 0 Å². The van der Waals surface area contributed by atoms with Crippen LogP contribution in [0.2, 0.25) is 0 Å². The number of hydrogen-bond acceptors (Lipinski definition) is 6. The van der Waals surface area contributed by atoms with Crippen molar-refractivity contribution in [2.24, 2.45) is 5.10 Å². The Hall–Kier alpha value is -3.92. The molecule has 10 heteroatoms. The minimum absolute atomic E-state index is 0.0946. The molecule has 0 aliphatic rings. The molecule has 0 aliphatic heterocycles. The minimum atomic E-state index is -0.912. The van der Waals surface area contributed by atoms with Gasteiger partial charge >= 0.3 is 11.8 Å². The molecule has 0 bridgehead atoms. The van der Waals surface area contributed by atoms with Gasteiger partial charge in [-0.3, -0.25) is 14.4 Å². The lowest BCUT2D eigenvalue weighted by atomic mass is 10.2. The highest BCUT2D eigenvalue weighted by atomic mass is 79.9. The average molecular weight is 513 g/mol. The fourth-order valence-electron chi connectivity index (χ4n) is 2.66. The summed E-state index contributed by atoms with van der Waals surface area (Å²) in [5.74, 6) is -1.08. The lowest BCUT2D eigenvalue weighted by Gasteiger charge is -2.10. The van der Waals surface area contributed by atoms with E-state index in [4.69, 9.17) is 9.15 Å². The number of anilines is 1. The van der Waals surface area contributed by atoms with Crippen molar-refractivity contribution in [2.75, 3.05) is 11.9 Å². The Morgan fingerprint density at radius 1 is 1.09 bits per heavy atom. The van der Waals surface area contributed by atoms with E-state index in [0.717, 1.165) is 10.0 Å². The first kappa shape index (κ1) is 23.7. The van der Waals surface area contributed by atoms with E-state index in [0.29, 0.717) is 22.8 Å². The van der Waals surface area contributed by atoms with Crippen LogP contribution >= 0.6 is 15.9 Å². The number of carbonyl (C=O) groups excluding carboxylic acids is 3. The zero-order valence-corrected chi connectivity index (χ0v) is 19.2. The van der Waals surface area contributed by atoms with Crippen molar-refractivity contribution in [2.45, 2.75) is 13.5 Å². The standard InChI is InChI=1S/C23H21BrN4O5/c1-15-10-17(24)7-8-20(15)27-21(29)14-33-18-5-2-4-16(11-18)12-26-28-23(31)22(30)25-13-19-6-3-9-32-19/h2-12H,13-14H2,1H3,(H,25,30)(H,27,29)(H,28,31)/b26-12-. The van der Waals surface area contributed by atoms with Crippen LogP contribution in [0, 0.1) is 6.92 Å². The third-order valence-corrected chi connectivity index (χ3v) is 4.77. The van der Waals surface area contributed by atoms with Crippen LogP contribution in [0.15, 0.2) is 74.9 Å². The molecule has 33 heavy (non-hydrogen) atoms. The number of furan rings is 1. The van der Waals surface area contributed by atoms with Crippen LogP contribution in [-0.2, 0) is 20.9 Å². The summed E-state index contributed by atoms with van der Waals surface area (Å²) >= 11 is 3.38. The molecule has 0 radical (unpaired) electrons. The molecule has 9 nitrogen and oxygen atoms in total. The van der Waals surface area contributed by atoms with Gasteiger partial charge in [0, 0.05) is 10.2 Å². The van der Waals surface area contributed by atoms with Crippen LogP contribution < -0.4 is 20.8 Å². The maximum absolute atomic E-state index is 12.2. The molecule has 170 valence electrons. The van der Waals surface area contributed by atoms with Crippen molar-refractivity contribution in [1.82, 2.24) is 10.7 Å². The van der Waals surface area contributed by atoms with Crippen molar-refractivity contribution in [3.63, 3.8) is 0 Å². The first-order chi connectivity index (χ1) is 15.9. The summed E-state index contributed by atoms with van der Waals surface area (Å²) in [4.78, 5) is 35.7. The Kier molecular flexibility index (Phi) is 8.36. The molecule has 1 aromatic heterocycles. The van der Waals surface area contributed by atoms with Crippen molar-refractivity contribution in [3.05, 3.63) is 82.2 Å². The molecule has 0 unspecified atom stereocenters. The Labute approximate surface area is 198 Å². The first-order valence-corrected chi connectivity index (χ1v) is 10.6. The highest BCUT2D eigenvalue weighted by Crippen LogP contribution is 2.20. The highest BCUT2D eigenvalue weighted by Gasteiger charge is 2.12. The van der Waals surface area contributed by atoms with Crippen molar-refractivity contribution < 1.29 is 23.5 Å². The van der Waals surface area contributed by atoms with Crippen LogP contribution in [0.5, 0.6) is 5.75 Å². The summed E-state index contributed by atoms with van der Waals surface area (Å²) in [6.45, 7) is 1.81. The number of ether oxygens (including phenoxy) is 1. The molecule has 3 amide bonds. The Morgan fingerprint density at radius 2 is 1.94 bits per heavy atom. The van der Waals surface area contributed by atoms with E-state index in [1.54, 1.807) is 42.5 Å². The van der Waals surface area contributed by atoms with Gasteiger partial charge in [0.25, 0.3) is 5.91 Å². The summed E-state index contributed by atoms with van der Waals surface area (Å²) < 4.78 is 11.5. The molecular formula is C23H21BrN4O5. The Morgan fingerprint density at radius 3 is 2.70 bits per heavy atom. The topological polar surface area (TPSA) is 122 Å². The Balaban J connectivity index is 1.45. The summed E-state index contributed by atoms with van der Waals surface area (Å²) in [5, 5.41) is 8.98. The first-order valence-electron chi connectivity index (χ1n) is 9.83. The highest BCUT2D eigenvalue weighted by molar-refractivity contribution is 9.10. The van der Waals surface area contributed by atoms with Crippen molar-refractivity contribution in [1.29, 1.82) is 0 Å². The number of halogens is 1. The van der Waals surface area contributed by atoms with Crippen LogP contribution in [0.3, 0.4) is 0 Å². The number of benzene rings is 2. The van der Waals surface area contributed by atoms with E-state index in [-0.39, 0.29) is 19.1 Å². The zero-order chi connectivity index (χ0) is 23.6. The molecule has 2 aromatic carbocycles. The van der Waals surface area contributed by atoms with Crippen LogP contribution in [-0.4, -0.2) is 30.5 Å². The molecule has 3 rings (SSSR count).